The first kappa shape index (κ1) is 6.11. The maximum Gasteiger partial charge on any atom is 0.162 e. The average Bonchev–Trinajstić information content (AvgIpc) is 2.15. The van der Waals surface area contributed by atoms with Gasteiger partial charge in [0, 0.05) is 0 Å². The largest absolute Gasteiger partial charge is 0.754 e. The zero-order valence-electron chi connectivity index (χ0n) is 4.09. The summed E-state index contributed by atoms with van der Waals surface area (Å²) in [6.45, 7) is 0. The van der Waals surface area contributed by atoms with Gasteiger partial charge in [0.15, 0.2) is 6.33 Å². The predicted molar refractivity (Wildman–Crippen MR) is 26.1 cm³/mol. The normalized spacial score (nSPS) is 13.0. The van der Waals surface area contributed by atoms with Crippen LogP contribution in [0.15, 0.2) is 6.33 Å². The number of aromatic nitrogens is 4. The molecule has 1 aromatic rings. The molecule has 9 heavy (non-hydrogen) atoms. The molecule has 0 aliphatic carbocycles. The smallest absolute Gasteiger partial charge is 0.162 e. The maximum absolute atomic E-state index is 9.84. The number of hydrogen-bond donors (Lipinski definition) is 1. The average molecular weight is 148 g/mol. The van der Waals surface area contributed by atoms with Crippen molar-refractivity contribution in [2.24, 2.45) is 0 Å². The number of nitrogens with one attached hydrogen (secondary N) is 1. The second-order valence-electron chi connectivity index (χ2n) is 1.08. The number of tetrazole rings is 1. The van der Waals surface area contributed by atoms with Gasteiger partial charge in [0.05, 0.1) is 11.3 Å². The van der Waals surface area contributed by atoms with Gasteiger partial charge in [0.2, 0.25) is 0 Å². The Morgan fingerprint density at radius 2 is 2.56 bits per heavy atom. The minimum absolute atomic E-state index is 0.864. The summed E-state index contributed by atoms with van der Waals surface area (Å²) < 4.78 is 19.7. The molecule has 1 heterocycles. The van der Waals surface area contributed by atoms with Gasteiger partial charge in [-0.25, -0.2) is 4.83 Å². The number of hydrogen-bond acceptors (Lipinski definition) is 5. The van der Waals surface area contributed by atoms with Crippen molar-refractivity contribution in [1.82, 2.24) is 20.3 Å². The monoisotopic (exact) mass is 148 g/mol. The zero-order chi connectivity index (χ0) is 6.69. The summed E-state index contributed by atoms with van der Waals surface area (Å²) >= 11 is -2.37. The highest BCUT2D eigenvalue weighted by atomic mass is 32.2. The molecule has 50 valence electrons. The summed E-state index contributed by atoms with van der Waals surface area (Å²) in [4.78, 5) is 2.75. The number of rotatable bonds is 2. The van der Waals surface area contributed by atoms with Crippen LogP contribution in [0.2, 0.25) is 0 Å². The van der Waals surface area contributed by atoms with E-state index in [0.717, 1.165) is 11.1 Å². The van der Waals surface area contributed by atoms with Gasteiger partial charge in [0.1, 0.15) is 0 Å². The number of nitrogens with zero attached hydrogens (tertiary/aromatic N) is 4. The fourth-order valence-corrected chi connectivity index (χ4v) is 0.516. The summed E-state index contributed by atoms with van der Waals surface area (Å²) in [5.74, 6) is 0. The molecule has 7 nitrogen and oxygen atoms in total. The Labute approximate surface area is 52.4 Å². The Morgan fingerprint density at radius 1 is 1.78 bits per heavy atom. The van der Waals surface area contributed by atoms with E-state index >= 15 is 0 Å². The van der Waals surface area contributed by atoms with Crippen molar-refractivity contribution in [2.45, 2.75) is 0 Å². The third-order valence-electron chi connectivity index (χ3n) is 0.517. The molecule has 1 atom stereocenters. The lowest BCUT2D eigenvalue weighted by Gasteiger charge is -2.04. The minimum atomic E-state index is -2.37. The van der Waals surface area contributed by atoms with Crippen LogP contribution in [0.1, 0.15) is 0 Å². The van der Waals surface area contributed by atoms with Crippen LogP contribution in [0, 0.1) is 0 Å². The molecule has 0 radical (unpaired) electrons. The third-order valence-corrected chi connectivity index (χ3v) is 0.853. The van der Waals surface area contributed by atoms with E-state index in [-0.39, 0.29) is 0 Å². The first-order valence-electron chi connectivity index (χ1n) is 1.88. The van der Waals surface area contributed by atoms with E-state index in [4.69, 9.17) is 0 Å². The molecule has 1 rings (SSSR count). The van der Waals surface area contributed by atoms with E-state index in [2.05, 4.69) is 15.5 Å². The highest BCUT2D eigenvalue weighted by molar-refractivity contribution is 7.80. The third kappa shape index (κ3) is 1.74. The Morgan fingerprint density at radius 3 is 3.00 bits per heavy atom. The lowest BCUT2D eigenvalue weighted by molar-refractivity contribution is 0.533. The van der Waals surface area contributed by atoms with Gasteiger partial charge in [-0.1, -0.05) is 0 Å². The highest BCUT2D eigenvalue weighted by Gasteiger charge is 1.85. The fraction of sp³-hybridized carbons (Fsp3) is 0. The molecule has 0 bridgehead atoms. The lowest BCUT2D eigenvalue weighted by Crippen LogP contribution is -2.17. The highest BCUT2D eigenvalue weighted by Crippen LogP contribution is 1.69. The van der Waals surface area contributed by atoms with E-state index in [9.17, 15) is 8.76 Å². The first-order chi connectivity index (χ1) is 4.29. The topological polar surface area (TPSA) is 95.8 Å². The quantitative estimate of drug-likeness (QED) is 0.490. The van der Waals surface area contributed by atoms with Gasteiger partial charge in [-0.15, -0.1) is 9.89 Å². The van der Waals surface area contributed by atoms with Crippen molar-refractivity contribution in [3.8, 4) is 0 Å². The van der Waals surface area contributed by atoms with Crippen molar-refractivity contribution in [3.63, 3.8) is 0 Å². The van der Waals surface area contributed by atoms with Gasteiger partial charge < -0.3 is 4.55 Å². The van der Waals surface area contributed by atoms with Crippen LogP contribution in [0.3, 0.4) is 0 Å². The molecule has 0 aromatic carbocycles. The lowest BCUT2D eigenvalue weighted by atomic mass is 11.4. The zero-order valence-corrected chi connectivity index (χ0v) is 4.91. The molecule has 1 unspecified atom stereocenters. The predicted octanol–water partition coefficient (Wildman–Crippen LogP) is -1.99. The van der Waals surface area contributed by atoms with Crippen LogP contribution in [0.25, 0.3) is 0 Å². The molecule has 1 aromatic heterocycles. The second kappa shape index (κ2) is 2.51. The van der Waals surface area contributed by atoms with E-state index < -0.39 is 11.3 Å². The van der Waals surface area contributed by atoms with Gasteiger partial charge in [-0.2, -0.15) is 0 Å². The molecule has 1 N–H and O–H groups in total. The van der Waals surface area contributed by atoms with Crippen LogP contribution in [-0.4, -0.2) is 29.1 Å². The molecular weight excluding hydrogens is 146 g/mol. The molecular formula is CH2N5O2S-. The molecule has 0 amide bonds. The standard InChI is InChI=1S/CH3N5O2S/c7-9(8)5-6-1-2-3-4-6/h1,5H,(H,7,8)/p-1. The van der Waals surface area contributed by atoms with Crippen molar-refractivity contribution >= 4 is 11.3 Å². The van der Waals surface area contributed by atoms with E-state index in [0.29, 0.717) is 0 Å². The van der Waals surface area contributed by atoms with E-state index in [1.54, 1.807) is 0 Å². The Kier molecular flexibility index (Phi) is 1.70. The molecule has 0 saturated heterocycles. The summed E-state index contributed by atoms with van der Waals surface area (Å²) in [5.41, 5.74) is 0. The Hall–Kier alpha value is -1.02. The van der Waals surface area contributed by atoms with Crippen molar-refractivity contribution in [2.75, 3.05) is 4.83 Å². The summed E-state index contributed by atoms with van der Waals surface area (Å²) in [7, 11) is 0. The molecule has 0 aliphatic rings. The molecule has 0 aliphatic heterocycles. The van der Waals surface area contributed by atoms with Gasteiger partial charge in [-0.3, -0.25) is 4.21 Å². The molecule has 8 heteroatoms. The van der Waals surface area contributed by atoms with Gasteiger partial charge >= 0.3 is 0 Å². The van der Waals surface area contributed by atoms with Crippen LogP contribution in [0.5, 0.6) is 0 Å². The van der Waals surface area contributed by atoms with Crippen LogP contribution in [0.4, 0.5) is 0 Å². The SMILES string of the molecule is O=S([O-])Nn1cnnn1. The van der Waals surface area contributed by atoms with Crippen molar-refractivity contribution in [3.05, 3.63) is 6.33 Å². The van der Waals surface area contributed by atoms with Crippen molar-refractivity contribution < 1.29 is 8.76 Å². The van der Waals surface area contributed by atoms with Crippen molar-refractivity contribution in [1.29, 1.82) is 0 Å². The van der Waals surface area contributed by atoms with Gasteiger partial charge in [0.25, 0.3) is 0 Å². The van der Waals surface area contributed by atoms with Gasteiger partial charge in [-0.05, 0) is 10.4 Å². The maximum atomic E-state index is 9.84. The van der Waals surface area contributed by atoms with Crippen LogP contribution >= 0.6 is 0 Å². The summed E-state index contributed by atoms with van der Waals surface area (Å²) in [5, 5.41) is 9.55. The van der Waals surface area contributed by atoms with Crippen LogP contribution < -0.4 is 4.83 Å². The first-order valence-corrected chi connectivity index (χ1v) is 2.95. The second-order valence-corrected chi connectivity index (χ2v) is 1.73. The Bertz CT molecular complexity index is 195. The summed E-state index contributed by atoms with van der Waals surface area (Å²) in [6.07, 6.45) is 1.12. The molecule has 0 saturated carbocycles. The fourth-order valence-electron chi connectivity index (χ4n) is 0.279. The summed E-state index contributed by atoms with van der Waals surface area (Å²) in [6, 6.07) is 0. The van der Waals surface area contributed by atoms with E-state index in [1.165, 1.54) is 0 Å². The molecule has 0 spiro atoms. The Balaban J connectivity index is 2.58. The van der Waals surface area contributed by atoms with E-state index in [1.807, 2.05) is 4.83 Å². The molecule has 0 fully saturated rings. The van der Waals surface area contributed by atoms with Crippen LogP contribution in [-0.2, 0) is 11.3 Å². The minimum Gasteiger partial charge on any atom is -0.754 e.